The van der Waals surface area contributed by atoms with E-state index in [0.717, 1.165) is 66.5 Å². The van der Waals surface area contributed by atoms with Crippen molar-refractivity contribution in [3.63, 3.8) is 0 Å². The number of ketones is 1. The summed E-state index contributed by atoms with van der Waals surface area (Å²) in [5, 5.41) is 25.0. The molecule has 12 heteroatoms. The van der Waals surface area contributed by atoms with Gasteiger partial charge in [0.05, 0.1) is 28.7 Å². The number of nitrogens with two attached hydrogens (primary N) is 1. The number of carbonyl (C=O) groups is 4. The first-order chi connectivity index (χ1) is 25.4. The molecule has 0 saturated heterocycles. The molecule has 288 valence electrons. The summed E-state index contributed by atoms with van der Waals surface area (Å²) in [6.45, 7) is 15.8. The minimum Gasteiger partial charge on any atom is -0.481 e. The van der Waals surface area contributed by atoms with Gasteiger partial charge in [-0.3, -0.25) is 19.2 Å². The molecule has 0 saturated carbocycles. The van der Waals surface area contributed by atoms with E-state index >= 15 is 0 Å². The van der Waals surface area contributed by atoms with E-state index in [1.165, 1.54) is 0 Å². The van der Waals surface area contributed by atoms with Gasteiger partial charge in [-0.1, -0.05) is 27.7 Å². The number of carbonyl (C=O) groups excluding carboxylic acids is 2. The standard InChI is InChI=1S/C42H54N6O6/c1-20(2)13-29(43)42(54)48-36(14-21(3)4)41(53)39-35-16-22(5)30(45-35)18-32-25(8)28(10-12-38(51)52)34(47-32)19-33-27(9-11-37(49)50)24(7)31(46-33)17-26-15-23(6)40(39)44-26/h15-21,29,36,44-47H,9-14,43H2,1-8H3,(H,48,54)(H,49,50)(H,51,52)/t29-,36-/m0/s1. The van der Waals surface area contributed by atoms with Crippen molar-refractivity contribution in [2.45, 2.75) is 106 Å². The largest absolute Gasteiger partial charge is 0.481 e. The minimum atomic E-state index is -0.910. The summed E-state index contributed by atoms with van der Waals surface area (Å²) in [6, 6.07) is 2.31. The van der Waals surface area contributed by atoms with Crippen LogP contribution in [0.2, 0.25) is 0 Å². The van der Waals surface area contributed by atoms with Gasteiger partial charge in [-0.2, -0.15) is 0 Å². The molecule has 0 unspecified atom stereocenters. The fourth-order valence-electron chi connectivity index (χ4n) is 7.39. The second kappa shape index (κ2) is 16.3. The maximum atomic E-state index is 14.9. The van der Waals surface area contributed by atoms with E-state index in [1.54, 1.807) is 0 Å². The molecule has 8 bridgehead atoms. The maximum absolute atomic E-state index is 14.9. The quantitative estimate of drug-likeness (QED) is 0.0969. The number of carboxylic acids is 2. The van der Waals surface area contributed by atoms with Gasteiger partial charge in [0.15, 0.2) is 5.78 Å². The Labute approximate surface area is 314 Å². The highest BCUT2D eigenvalue weighted by atomic mass is 16.4. The lowest BCUT2D eigenvalue weighted by atomic mass is 9.93. The molecule has 4 aromatic heterocycles. The number of rotatable bonds is 14. The average molecular weight is 739 g/mol. The Kier molecular flexibility index (Phi) is 12.1. The summed E-state index contributed by atoms with van der Waals surface area (Å²) in [4.78, 5) is 65.7. The number of aromatic nitrogens is 4. The second-order valence-corrected chi connectivity index (χ2v) is 15.6. The van der Waals surface area contributed by atoms with E-state index in [0.29, 0.717) is 29.5 Å². The zero-order valence-electron chi connectivity index (χ0n) is 32.5. The van der Waals surface area contributed by atoms with Crippen LogP contribution in [0, 0.1) is 39.5 Å². The highest BCUT2D eigenvalue weighted by Gasteiger charge is 2.30. The Hall–Kier alpha value is -5.36. The summed E-state index contributed by atoms with van der Waals surface area (Å²) in [7, 11) is 0. The third-order valence-electron chi connectivity index (χ3n) is 10.2. The van der Waals surface area contributed by atoms with Gasteiger partial charge in [0.2, 0.25) is 5.91 Å². The van der Waals surface area contributed by atoms with Crippen molar-refractivity contribution < 1.29 is 29.4 Å². The summed E-state index contributed by atoms with van der Waals surface area (Å²) in [6.07, 6.45) is 7.18. The summed E-state index contributed by atoms with van der Waals surface area (Å²) in [5.74, 6) is -2.14. The summed E-state index contributed by atoms with van der Waals surface area (Å²) < 4.78 is 0. The van der Waals surface area contributed by atoms with Crippen LogP contribution in [0.1, 0.15) is 110 Å². The second-order valence-electron chi connectivity index (χ2n) is 15.6. The molecule has 12 nitrogen and oxygen atoms in total. The molecule has 5 rings (SSSR count). The van der Waals surface area contributed by atoms with Gasteiger partial charge in [-0.05, 0) is 129 Å². The fourth-order valence-corrected chi connectivity index (χ4v) is 7.39. The molecule has 1 amide bonds. The first-order valence-corrected chi connectivity index (χ1v) is 18.7. The molecule has 0 spiro atoms. The first-order valence-electron chi connectivity index (χ1n) is 18.7. The van der Waals surface area contributed by atoms with Crippen molar-refractivity contribution in [2.75, 3.05) is 0 Å². The molecular formula is C42H54N6O6. The van der Waals surface area contributed by atoms with E-state index in [-0.39, 0.29) is 49.2 Å². The Morgan fingerprint density at radius 3 is 1.96 bits per heavy atom. The molecule has 0 fully saturated rings. The highest BCUT2D eigenvalue weighted by Crippen LogP contribution is 2.24. The fraction of sp³-hybridized carbons (Fsp3) is 0.429. The van der Waals surface area contributed by atoms with Gasteiger partial charge >= 0.3 is 11.9 Å². The summed E-state index contributed by atoms with van der Waals surface area (Å²) >= 11 is 0. The third kappa shape index (κ3) is 8.87. The van der Waals surface area contributed by atoms with Gasteiger partial charge in [0.25, 0.3) is 0 Å². The smallest absolute Gasteiger partial charge is 0.303 e. The third-order valence-corrected chi connectivity index (χ3v) is 10.2. The van der Waals surface area contributed by atoms with Crippen molar-refractivity contribution in [2.24, 2.45) is 17.6 Å². The Morgan fingerprint density at radius 2 is 1.33 bits per heavy atom. The van der Waals surface area contributed by atoms with Crippen LogP contribution in [0.5, 0.6) is 0 Å². The minimum absolute atomic E-state index is 0.0650. The van der Waals surface area contributed by atoms with Crippen LogP contribution in [-0.4, -0.2) is 65.9 Å². The Balaban J connectivity index is 1.82. The predicted octanol–water partition coefficient (Wildman–Crippen LogP) is 2.74. The van der Waals surface area contributed by atoms with Gasteiger partial charge in [0, 0.05) is 46.0 Å². The van der Waals surface area contributed by atoms with Crippen LogP contribution >= 0.6 is 0 Å². The number of aromatic amines is 4. The normalized spacial score (nSPS) is 13.6. The maximum Gasteiger partial charge on any atom is 0.303 e. The van der Waals surface area contributed by atoms with Crippen LogP contribution in [-0.2, 0) is 32.0 Å². The molecule has 0 aliphatic carbocycles. The molecule has 5 heterocycles. The molecular weight excluding hydrogens is 684 g/mol. The lowest BCUT2D eigenvalue weighted by Crippen LogP contribution is -2.50. The van der Waals surface area contributed by atoms with Crippen molar-refractivity contribution in [1.82, 2.24) is 25.3 Å². The molecule has 1 aliphatic heterocycles. The van der Waals surface area contributed by atoms with Crippen molar-refractivity contribution in [3.05, 3.63) is 89.7 Å². The van der Waals surface area contributed by atoms with Crippen LogP contribution < -0.4 is 32.4 Å². The van der Waals surface area contributed by atoms with Gasteiger partial charge in [0.1, 0.15) is 0 Å². The van der Waals surface area contributed by atoms with Crippen LogP contribution in [0.25, 0.3) is 23.8 Å². The molecule has 1 aliphatic rings. The number of fused-ring (bicyclic) bond motifs is 8. The van der Waals surface area contributed by atoms with E-state index in [9.17, 15) is 29.4 Å². The van der Waals surface area contributed by atoms with E-state index in [4.69, 9.17) is 5.73 Å². The van der Waals surface area contributed by atoms with Gasteiger partial charge in [-0.25, -0.2) is 0 Å². The molecule has 2 atom stereocenters. The number of nitrogens with one attached hydrogen (secondary N) is 5. The monoisotopic (exact) mass is 738 g/mol. The number of carboxylic acid groups (broad SMARTS) is 2. The predicted molar refractivity (Wildman–Crippen MR) is 210 cm³/mol. The van der Waals surface area contributed by atoms with Gasteiger partial charge < -0.3 is 41.2 Å². The Bertz CT molecular complexity index is 2350. The molecule has 9 N–H and O–H groups in total. The first kappa shape index (κ1) is 39.8. The van der Waals surface area contributed by atoms with E-state index in [2.05, 4.69) is 25.3 Å². The lowest BCUT2D eigenvalue weighted by Gasteiger charge is -2.23. The number of hydrogen-bond donors (Lipinski definition) is 8. The van der Waals surface area contributed by atoms with E-state index < -0.39 is 24.0 Å². The SMILES string of the molecule is Cc1cc2[nH]c1C=c1[nH]c(c(CCC(=O)O)c1C)=Cc1[nH]c(c(C)c1CCC(=O)O)C=c1cc(C)c([nH]1)=C2C(=O)[C@H](CC(C)C)NC(=O)[C@@H](N)CC(C)C. The zero-order valence-corrected chi connectivity index (χ0v) is 32.5. The van der Waals surface area contributed by atoms with Crippen molar-refractivity contribution in [1.29, 1.82) is 0 Å². The van der Waals surface area contributed by atoms with Crippen LogP contribution in [0.3, 0.4) is 0 Å². The molecule has 0 aromatic carbocycles. The molecule has 0 radical (unpaired) electrons. The number of amides is 1. The van der Waals surface area contributed by atoms with Gasteiger partial charge in [-0.15, -0.1) is 0 Å². The zero-order chi connectivity index (χ0) is 39.6. The number of H-pyrrole nitrogens is 4. The van der Waals surface area contributed by atoms with Crippen molar-refractivity contribution in [3.8, 4) is 0 Å². The van der Waals surface area contributed by atoms with Crippen LogP contribution in [0.15, 0.2) is 12.1 Å². The molecule has 4 aromatic rings. The van der Waals surface area contributed by atoms with Crippen molar-refractivity contribution >= 4 is 47.4 Å². The Morgan fingerprint density at radius 1 is 0.704 bits per heavy atom. The topological polar surface area (TPSA) is 210 Å². The summed E-state index contributed by atoms with van der Waals surface area (Å²) in [5.41, 5.74) is 14.7. The highest BCUT2D eigenvalue weighted by molar-refractivity contribution is 6.23. The number of aliphatic carboxylic acids is 2. The van der Waals surface area contributed by atoms with Crippen LogP contribution in [0.4, 0.5) is 0 Å². The molecule has 54 heavy (non-hydrogen) atoms. The number of hydrogen-bond acceptors (Lipinski definition) is 5. The lowest BCUT2D eigenvalue weighted by molar-refractivity contribution is -0.138. The number of aryl methyl sites for hydroxylation is 2. The van der Waals surface area contributed by atoms with E-state index in [1.807, 2.05) is 85.8 Å². The average Bonchev–Trinajstić information content (AvgIpc) is 3.78. The number of Topliss-reactive ketones (excluding diaryl/α,β-unsaturated/α-hetero) is 1.